The van der Waals surface area contributed by atoms with Crippen LogP contribution in [0.15, 0.2) is 28.8 Å². The first kappa shape index (κ1) is 14.1. The minimum absolute atomic E-state index is 0.0980. The van der Waals surface area contributed by atoms with Crippen LogP contribution in [0.1, 0.15) is 44.5 Å². The Bertz CT molecular complexity index is 575. The van der Waals surface area contributed by atoms with Crippen LogP contribution < -0.4 is 10.5 Å². The summed E-state index contributed by atoms with van der Waals surface area (Å²) in [7, 11) is 0. The van der Waals surface area contributed by atoms with Crippen LogP contribution in [-0.2, 0) is 0 Å². The molecule has 5 nitrogen and oxygen atoms in total. The monoisotopic (exact) mass is 287 g/mol. The van der Waals surface area contributed by atoms with E-state index in [4.69, 9.17) is 15.0 Å². The fourth-order valence-corrected chi connectivity index (χ4v) is 2.18. The molecule has 21 heavy (non-hydrogen) atoms. The standard InChI is InChI=1S/C16H21N3O2/c1-2-3-10-20-13-8-6-12(7-9-13)16-18-15(19-21-16)14(17)11-4-5-11/h6-9,11,14H,2-5,10,17H2,1H3. The van der Waals surface area contributed by atoms with E-state index in [9.17, 15) is 0 Å². The van der Waals surface area contributed by atoms with Crippen LogP contribution in [0.4, 0.5) is 0 Å². The Morgan fingerprint density at radius 3 is 2.76 bits per heavy atom. The summed E-state index contributed by atoms with van der Waals surface area (Å²) >= 11 is 0. The molecule has 0 saturated heterocycles. The summed E-state index contributed by atoms with van der Waals surface area (Å²) in [6, 6.07) is 7.62. The highest BCUT2D eigenvalue weighted by atomic mass is 16.5. The van der Waals surface area contributed by atoms with Gasteiger partial charge >= 0.3 is 0 Å². The third kappa shape index (κ3) is 3.42. The Kier molecular flexibility index (Phi) is 4.20. The fourth-order valence-electron chi connectivity index (χ4n) is 2.18. The van der Waals surface area contributed by atoms with E-state index in [1.807, 2.05) is 24.3 Å². The molecule has 1 aromatic heterocycles. The van der Waals surface area contributed by atoms with Gasteiger partial charge in [0.2, 0.25) is 0 Å². The molecule has 0 spiro atoms. The van der Waals surface area contributed by atoms with E-state index in [0.29, 0.717) is 17.6 Å². The van der Waals surface area contributed by atoms with E-state index < -0.39 is 0 Å². The van der Waals surface area contributed by atoms with Gasteiger partial charge in [-0.15, -0.1) is 0 Å². The van der Waals surface area contributed by atoms with E-state index in [1.54, 1.807) is 0 Å². The van der Waals surface area contributed by atoms with Crippen molar-refractivity contribution in [3.05, 3.63) is 30.1 Å². The summed E-state index contributed by atoms with van der Waals surface area (Å²) < 4.78 is 10.9. The predicted molar refractivity (Wildman–Crippen MR) is 79.8 cm³/mol. The van der Waals surface area contributed by atoms with E-state index in [1.165, 1.54) is 0 Å². The van der Waals surface area contributed by atoms with E-state index in [2.05, 4.69) is 17.1 Å². The average Bonchev–Trinajstić information content (AvgIpc) is 3.25. The molecule has 1 unspecified atom stereocenters. The molecular formula is C16H21N3O2. The molecule has 112 valence electrons. The number of hydrogen-bond donors (Lipinski definition) is 1. The molecule has 0 bridgehead atoms. The molecule has 3 rings (SSSR count). The number of ether oxygens (including phenoxy) is 1. The lowest BCUT2D eigenvalue weighted by atomic mass is 10.2. The van der Waals surface area contributed by atoms with Gasteiger partial charge < -0.3 is 15.0 Å². The molecule has 1 fully saturated rings. The van der Waals surface area contributed by atoms with Crippen molar-refractivity contribution in [3.8, 4) is 17.2 Å². The molecule has 5 heteroatoms. The lowest BCUT2D eigenvalue weighted by molar-refractivity contribution is 0.309. The minimum Gasteiger partial charge on any atom is -0.494 e. The smallest absolute Gasteiger partial charge is 0.257 e. The molecular weight excluding hydrogens is 266 g/mol. The van der Waals surface area contributed by atoms with Crippen molar-refractivity contribution in [2.45, 2.75) is 38.6 Å². The number of hydrogen-bond acceptors (Lipinski definition) is 5. The summed E-state index contributed by atoms with van der Waals surface area (Å²) in [6.45, 7) is 2.89. The zero-order chi connectivity index (χ0) is 14.7. The maximum Gasteiger partial charge on any atom is 0.257 e. The van der Waals surface area contributed by atoms with Crippen molar-refractivity contribution in [3.63, 3.8) is 0 Å². The van der Waals surface area contributed by atoms with Gasteiger partial charge in [0.25, 0.3) is 5.89 Å². The van der Waals surface area contributed by atoms with Gasteiger partial charge in [-0.3, -0.25) is 0 Å². The summed E-state index contributed by atoms with van der Waals surface area (Å²) in [5.41, 5.74) is 6.97. The molecule has 1 aromatic carbocycles. The van der Waals surface area contributed by atoms with Crippen molar-refractivity contribution < 1.29 is 9.26 Å². The highest BCUT2D eigenvalue weighted by Crippen LogP contribution is 2.38. The van der Waals surface area contributed by atoms with Crippen LogP contribution in [0.3, 0.4) is 0 Å². The minimum atomic E-state index is -0.0980. The molecule has 0 amide bonds. The topological polar surface area (TPSA) is 74.2 Å². The summed E-state index contributed by atoms with van der Waals surface area (Å²) in [5.74, 6) is 2.50. The SMILES string of the molecule is CCCCOc1ccc(-c2nc(C(N)C3CC3)no2)cc1. The van der Waals surface area contributed by atoms with Crippen LogP contribution in [0.2, 0.25) is 0 Å². The van der Waals surface area contributed by atoms with Gasteiger partial charge in [0, 0.05) is 5.56 Å². The van der Waals surface area contributed by atoms with Gasteiger partial charge in [0.15, 0.2) is 5.82 Å². The van der Waals surface area contributed by atoms with Gasteiger partial charge in [-0.1, -0.05) is 18.5 Å². The Balaban J connectivity index is 1.66. The first-order chi connectivity index (χ1) is 10.3. The molecule has 1 heterocycles. The Labute approximate surface area is 124 Å². The number of rotatable bonds is 7. The molecule has 2 N–H and O–H groups in total. The number of nitrogens with zero attached hydrogens (tertiary/aromatic N) is 2. The third-order valence-corrected chi connectivity index (χ3v) is 3.74. The molecule has 1 aliphatic rings. The maximum absolute atomic E-state index is 6.08. The first-order valence-corrected chi connectivity index (χ1v) is 7.60. The van der Waals surface area contributed by atoms with Crippen molar-refractivity contribution in [2.75, 3.05) is 6.61 Å². The number of nitrogens with two attached hydrogens (primary N) is 1. The second kappa shape index (κ2) is 6.26. The zero-order valence-corrected chi connectivity index (χ0v) is 12.3. The molecule has 0 radical (unpaired) electrons. The lowest BCUT2D eigenvalue weighted by Gasteiger charge is -2.05. The van der Waals surface area contributed by atoms with Gasteiger partial charge in [0.05, 0.1) is 12.6 Å². The summed E-state index contributed by atoms with van der Waals surface area (Å²) in [6.07, 6.45) is 4.52. The van der Waals surface area contributed by atoms with E-state index >= 15 is 0 Å². The van der Waals surface area contributed by atoms with Crippen LogP contribution >= 0.6 is 0 Å². The normalized spacial score (nSPS) is 15.9. The summed E-state index contributed by atoms with van der Waals surface area (Å²) in [5, 5.41) is 3.99. The molecule has 1 saturated carbocycles. The van der Waals surface area contributed by atoms with Gasteiger partial charge in [0.1, 0.15) is 5.75 Å². The maximum atomic E-state index is 6.08. The number of benzene rings is 1. The molecule has 2 aromatic rings. The van der Waals surface area contributed by atoms with Crippen LogP contribution in [0.25, 0.3) is 11.5 Å². The van der Waals surface area contributed by atoms with Gasteiger partial charge in [-0.2, -0.15) is 4.98 Å². The predicted octanol–water partition coefficient (Wildman–Crippen LogP) is 3.33. The average molecular weight is 287 g/mol. The van der Waals surface area contributed by atoms with E-state index in [0.717, 1.165) is 43.6 Å². The van der Waals surface area contributed by atoms with Gasteiger partial charge in [-0.25, -0.2) is 0 Å². The molecule has 0 aliphatic heterocycles. The van der Waals surface area contributed by atoms with Crippen LogP contribution in [0.5, 0.6) is 5.75 Å². The van der Waals surface area contributed by atoms with Crippen LogP contribution in [-0.4, -0.2) is 16.7 Å². The highest BCUT2D eigenvalue weighted by molar-refractivity contribution is 5.54. The third-order valence-electron chi connectivity index (χ3n) is 3.74. The van der Waals surface area contributed by atoms with Crippen molar-refractivity contribution in [1.82, 2.24) is 10.1 Å². The second-order valence-electron chi connectivity index (χ2n) is 5.55. The second-order valence-corrected chi connectivity index (χ2v) is 5.55. The molecule has 1 atom stereocenters. The van der Waals surface area contributed by atoms with Crippen molar-refractivity contribution in [1.29, 1.82) is 0 Å². The highest BCUT2D eigenvalue weighted by Gasteiger charge is 2.32. The van der Waals surface area contributed by atoms with Gasteiger partial charge in [-0.05, 0) is 49.4 Å². The fraction of sp³-hybridized carbons (Fsp3) is 0.500. The quantitative estimate of drug-likeness (QED) is 0.791. The first-order valence-electron chi connectivity index (χ1n) is 7.60. The Morgan fingerprint density at radius 2 is 2.10 bits per heavy atom. The summed E-state index contributed by atoms with van der Waals surface area (Å²) in [4.78, 5) is 4.40. The lowest BCUT2D eigenvalue weighted by Crippen LogP contribution is -2.13. The van der Waals surface area contributed by atoms with Crippen molar-refractivity contribution in [2.24, 2.45) is 11.7 Å². The number of unbranched alkanes of at least 4 members (excludes halogenated alkanes) is 1. The van der Waals surface area contributed by atoms with Crippen molar-refractivity contribution >= 4 is 0 Å². The molecule has 1 aliphatic carbocycles. The zero-order valence-electron chi connectivity index (χ0n) is 12.3. The van der Waals surface area contributed by atoms with Crippen LogP contribution in [0, 0.1) is 5.92 Å². The largest absolute Gasteiger partial charge is 0.494 e. The Morgan fingerprint density at radius 1 is 1.33 bits per heavy atom. The van der Waals surface area contributed by atoms with E-state index in [-0.39, 0.29) is 6.04 Å². The number of aromatic nitrogens is 2. The Hall–Kier alpha value is -1.88.